The molecule has 15 heavy (non-hydrogen) atoms. The lowest BCUT2D eigenvalue weighted by atomic mass is 10.1. The molecule has 1 N–H and O–H groups in total. The van der Waals surface area contributed by atoms with Gasteiger partial charge >= 0.3 is 0 Å². The summed E-state index contributed by atoms with van der Waals surface area (Å²) in [4.78, 5) is 9.00. The zero-order valence-corrected chi connectivity index (χ0v) is 9.86. The normalized spacial score (nSPS) is 9.20. The van der Waals surface area contributed by atoms with Gasteiger partial charge in [-0.2, -0.15) is 0 Å². The van der Waals surface area contributed by atoms with Crippen molar-refractivity contribution >= 4 is 32.7 Å². The number of carbonyl (C=O) groups is 1. The van der Waals surface area contributed by atoms with Crippen LogP contribution in [0.1, 0.15) is 6.92 Å². The van der Waals surface area contributed by atoms with Crippen LogP contribution in [0.2, 0.25) is 0 Å². The molecule has 0 aromatic heterocycles. The van der Waals surface area contributed by atoms with Crippen molar-refractivity contribution in [2.75, 3.05) is 0 Å². The minimum Gasteiger partial charge on any atom is -0.481 e. The summed E-state index contributed by atoms with van der Waals surface area (Å²) < 4.78 is 1.16. The maximum Gasteiger partial charge on any atom is 0.300 e. The Hall–Kier alpha value is -1.35. The molecule has 0 unspecified atom stereocenters. The predicted molar refractivity (Wildman–Crippen MR) is 65.0 cm³/mol. The highest BCUT2D eigenvalue weighted by Crippen LogP contribution is 2.22. The van der Waals surface area contributed by atoms with Crippen LogP contribution in [0.3, 0.4) is 0 Å². The van der Waals surface area contributed by atoms with Crippen molar-refractivity contribution in [1.82, 2.24) is 0 Å². The number of carboxylic acids is 1. The van der Waals surface area contributed by atoms with Crippen LogP contribution in [-0.2, 0) is 4.79 Å². The Morgan fingerprint density at radius 2 is 1.67 bits per heavy atom. The fraction of sp³-hybridized carbons (Fsp3) is 0.0833. The first-order valence-electron chi connectivity index (χ1n) is 4.44. The molecule has 2 nitrogen and oxygen atoms in total. The van der Waals surface area contributed by atoms with E-state index in [1.165, 1.54) is 10.8 Å². The number of benzene rings is 2. The Morgan fingerprint density at radius 3 is 2.27 bits per heavy atom. The van der Waals surface area contributed by atoms with E-state index in [4.69, 9.17) is 9.90 Å². The Morgan fingerprint density at radius 1 is 1.13 bits per heavy atom. The highest BCUT2D eigenvalue weighted by Gasteiger charge is 1.93. The Balaban J connectivity index is 0.000000245. The van der Waals surface area contributed by atoms with Gasteiger partial charge in [-0.05, 0) is 16.8 Å². The summed E-state index contributed by atoms with van der Waals surface area (Å²) in [7, 11) is 0. The van der Waals surface area contributed by atoms with Gasteiger partial charge in [-0.25, -0.2) is 0 Å². The van der Waals surface area contributed by atoms with Crippen molar-refractivity contribution in [3.05, 3.63) is 46.9 Å². The van der Waals surface area contributed by atoms with Gasteiger partial charge in [0.15, 0.2) is 0 Å². The number of aliphatic carboxylic acids is 1. The molecule has 0 bridgehead atoms. The zero-order valence-electron chi connectivity index (χ0n) is 8.27. The smallest absolute Gasteiger partial charge is 0.300 e. The van der Waals surface area contributed by atoms with E-state index in [2.05, 4.69) is 46.3 Å². The van der Waals surface area contributed by atoms with Crippen LogP contribution in [0.4, 0.5) is 0 Å². The summed E-state index contributed by atoms with van der Waals surface area (Å²) in [6, 6.07) is 14.5. The van der Waals surface area contributed by atoms with Crippen LogP contribution in [0.25, 0.3) is 10.8 Å². The highest BCUT2D eigenvalue weighted by molar-refractivity contribution is 9.10. The van der Waals surface area contributed by atoms with Crippen LogP contribution in [0.5, 0.6) is 0 Å². The molecule has 78 valence electrons. The predicted octanol–water partition coefficient (Wildman–Crippen LogP) is 3.69. The number of halogens is 1. The van der Waals surface area contributed by atoms with Crippen molar-refractivity contribution in [3.8, 4) is 0 Å². The number of rotatable bonds is 0. The monoisotopic (exact) mass is 266 g/mol. The number of hydrogen-bond acceptors (Lipinski definition) is 1. The zero-order chi connectivity index (χ0) is 11.3. The quantitative estimate of drug-likeness (QED) is 0.790. The van der Waals surface area contributed by atoms with E-state index < -0.39 is 5.97 Å². The third-order valence-electron chi connectivity index (χ3n) is 1.74. The number of hydrogen-bond donors (Lipinski definition) is 1. The van der Waals surface area contributed by atoms with Crippen molar-refractivity contribution in [2.45, 2.75) is 6.92 Å². The Labute approximate surface area is 96.7 Å². The first-order chi connectivity index (χ1) is 7.11. The summed E-state index contributed by atoms with van der Waals surface area (Å²) >= 11 is 3.50. The maximum atomic E-state index is 9.00. The van der Waals surface area contributed by atoms with Crippen molar-refractivity contribution in [2.24, 2.45) is 0 Å². The Bertz CT molecular complexity index is 457. The van der Waals surface area contributed by atoms with Gasteiger partial charge in [0.1, 0.15) is 0 Å². The largest absolute Gasteiger partial charge is 0.481 e. The van der Waals surface area contributed by atoms with E-state index >= 15 is 0 Å². The second-order valence-electron chi connectivity index (χ2n) is 2.98. The van der Waals surface area contributed by atoms with Gasteiger partial charge in [-0.15, -0.1) is 0 Å². The van der Waals surface area contributed by atoms with E-state index in [0.29, 0.717) is 0 Å². The molecule has 0 saturated carbocycles. The molecule has 0 saturated heterocycles. The lowest BCUT2D eigenvalue weighted by Gasteiger charge is -1.97. The van der Waals surface area contributed by atoms with E-state index in [9.17, 15) is 0 Å². The van der Waals surface area contributed by atoms with Gasteiger partial charge < -0.3 is 5.11 Å². The van der Waals surface area contributed by atoms with E-state index in [-0.39, 0.29) is 0 Å². The molecule has 2 aromatic rings. The average Bonchev–Trinajstić information content (AvgIpc) is 2.18. The van der Waals surface area contributed by atoms with Crippen LogP contribution < -0.4 is 0 Å². The molecule has 0 fully saturated rings. The molecule has 0 amide bonds. The molecule has 2 aromatic carbocycles. The van der Waals surface area contributed by atoms with Crippen LogP contribution in [0.15, 0.2) is 46.9 Å². The van der Waals surface area contributed by atoms with Crippen molar-refractivity contribution < 1.29 is 9.90 Å². The summed E-state index contributed by atoms with van der Waals surface area (Å²) in [6.07, 6.45) is 0. The van der Waals surface area contributed by atoms with Gasteiger partial charge in [-0.1, -0.05) is 52.3 Å². The van der Waals surface area contributed by atoms with Gasteiger partial charge in [0, 0.05) is 11.4 Å². The molecule has 3 heteroatoms. The average molecular weight is 267 g/mol. The SMILES string of the molecule is Brc1cccc2ccccc12.CC(=O)O. The van der Waals surface area contributed by atoms with Crippen LogP contribution >= 0.6 is 15.9 Å². The van der Waals surface area contributed by atoms with Gasteiger partial charge in [0.25, 0.3) is 5.97 Å². The molecular weight excluding hydrogens is 256 g/mol. The van der Waals surface area contributed by atoms with Crippen molar-refractivity contribution in [3.63, 3.8) is 0 Å². The fourth-order valence-corrected chi connectivity index (χ4v) is 1.70. The van der Waals surface area contributed by atoms with Gasteiger partial charge in [-0.3, -0.25) is 4.79 Å². The summed E-state index contributed by atoms with van der Waals surface area (Å²) in [5.74, 6) is -0.833. The minimum absolute atomic E-state index is 0.833. The van der Waals surface area contributed by atoms with Crippen LogP contribution in [0, 0.1) is 0 Å². The topological polar surface area (TPSA) is 37.3 Å². The lowest BCUT2D eigenvalue weighted by molar-refractivity contribution is -0.134. The van der Waals surface area contributed by atoms with Crippen LogP contribution in [-0.4, -0.2) is 11.1 Å². The maximum absolute atomic E-state index is 9.00. The molecule has 0 aliphatic carbocycles. The van der Waals surface area contributed by atoms with Gasteiger partial charge in [0.2, 0.25) is 0 Å². The molecule has 0 radical (unpaired) electrons. The molecule has 0 atom stereocenters. The first kappa shape index (κ1) is 11.7. The highest BCUT2D eigenvalue weighted by atomic mass is 79.9. The standard InChI is InChI=1S/C10H7Br.C2H4O2/c11-10-7-3-5-8-4-1-2-6-9(8)10;1-2(3)4/h1-7H;1H3,(H,3,4). The van der Waals surface area contributed by atoms with Gasteiger partial charge in [0.05, 0.1) is 0 Å². The molecule has 0 spiro atoms. The Kier molecular flexibility index (Phi) is 4.31. The third-order valence-corrected chi connectivity index (χ3v) is 2.43. The first-order valence-corrected chi connectivity index (χ1v) is 5.23. The fourth-order valence-electron chi connectivity index (χ4n) is 1.19. The van der Waals surface area contributed by atoms with E-state index in [1.807, 2.05) is 12.1 Å². The lowest BCUT2D eigenvalue weighted by Crippen LogP contribution is -1.78. The second-order valence-corrected chi connectivity index (χ2v) is 3.83. The van der Waals surface area contributed by atoms with E-state index in [1.54, 1.807) is 0 Å². The minimum atomic E-state index is -0.833. The third kappa shape index (κ3) is 3.72. The summed E-state index contributed by atoms with van der Waals surface area (Å²) in [6.45, 7) is 1.08. The number of carboxylic acid groups (broad SMARTS) is 1. The molecule has 0 aliphatic rings. The molecule has 0 aliphatic heterocycles. The summed E-state index contributed by atoms with van der Waals surface area (Å²) in [5.41, 5.74) is 0. The number of fused-ring (bicyclic) bond motifs is 1. The second kappa shape index (κ2) is 5.51. The van der Waals surface area contributed by atoms with Crippen molar-refractivity contribution in [1.29, 1.82) is 0 Å². The molecule has 0 heterocycles. The van der Waals surface area contributed by atoms with E-state index in [0.717, 1.165) is 11.4 Å². The summed E-state index contributed by atoms with van der Waals surface area (Å²) in [5, 5.41) is 9.97. The molecule has 2 rings (SSSR count). The molecular formula is C12H11BrO2.